The molecule has 0 aliphatic carbocycles. The summed E-state index contributed by atoms with van der Waals surface area (Å²) in [6.45, 7) is 7.69. The van der Waals surface area contributed by atoms with Gasteiger partial charge in [-0.3, -0.25) is 0 Å². The second-order valence-corrected chi connectivity index (χ2v) is 4.33. The standard InChI is InChI=1S/C12H24N2O3/c1-5-8(4)10(11(15)16)14-12(17)13-9(6-2)7-3/h8-10H,5-7H2,1-4H3,(H,15,16)(H2,13,14,17). The van der Waals surface area contributed by atoms with Crippen molar-refractivity contribution in [3.63, 3.8) is 0 Å². The normalized spacial score (nSPS) is 14.2. The molecule has 0 radical (unpaired) electrons. The lowest BCUT2D eigenvalue weighted by Gasteiger charge is -2.22. The summed E-state index contributed by atoms with van der Waals surface area (Å²) in [5.41, 5.74) is 0. The molecule has 100 valence electrons. The van der Waals surface area contributed by atoms with Crippen LogP contribution < -0.4 is 10.6 Å². The van der Waals surface area contributed by atoms with Crippen molar-refractivity contribution in [2.24, 2.45) is 5.92 Å². The molecule has 0 bridgehead atoms. The summed E-state index contributed by atoms with van der Waals surface area (Å²) in [5, 5.41) is 14.3. The van der Waals surface area contributed by atoms with E-state index in [1.165, 1.54) is 0 Å². The summed E-state index contributed by atoms with van der Waals surface area (Å²) in [5.74, 6) is -1.07. The largest absolute Gasteiger partial charge is 0.480 e. The molecule has 2 atom stereocenters. The highest BCUT2D eigenvalue weighted by atomic mass is 16.4. The van der Waals surface area contributed by atoms with Crippen molar-refractivity contribution in [2.75, 3.05) is 0 Å². The van der Waals surface area contributed by atoms with Crippen LogP contribution in [0.5, 0.6) is 0 Å². The van der Waals surface area contributed by atoms with Crippen LogP contribution in [0.3, 0.4) is 0 Å². The fourth-order valence-corrected chi connectivity index (χ4v) is 1.54. The van der Waals surface area contributed by atoms with Crippen molar-refractivity contribution < 1.29 is 14.7 Å². The third-order valence-electron chi connectivity index (χ3n) is 3.09. The number of nitrogens with one attached hydrogen (secondary N) is 2. The van der Waals surface area contributed by atoms with Crippen LogP contribution in [0.4, 0.5) is 4.79 Å². The van der Waals surface area contributed by atoms with Gasteiger partial charge in [0.2, 0.25) is 0 Å². The molecule has 2 unspecified atom stereocenters. The Bertz CT molecular complexity index is 252. The van der Waals surface area contributed by atoms with E-state index in [0.29, 0.717) is 6.42 Å². The van der Waals surface area contributed by atoms with Crippen molar-refractivity contribution in [2.45, 2.75) is 59.0 Å². The Balaban J connectivity index is 4.36. The van der Waals surface area contributed by atoms with E-state index in [1.54, 1.807) is 0 Å². The molecule has 0 spiro atoms. The highest BCUT2D eigenvalue weighted by molar-refractivity contribution is 5.82. The van der Waals surface area contributed by atoms with Crippen LogP contribution in [0.2, 0.25) is 0 Å². The summed E-state index contributed by atoms with van der Waals surface area (Å²) in [7, 11) is 0. The van der Waals surface area contributed by atoms with Gasteiger partial charge in [0.15, 0.2) is 0 Å². The maximum Gasteiger partial charge on any atom is 0.326 e. The molecule has 5 heteroatoms. The number of amides is 2. The van der Waals surface area contributed by atoms with Crippen LogP contribution in [0.15, 0.2) is 0 Å². The first-order valence-corrected chi connectivity index (χ1v) is 6.25. The molecule has 0 aromatic rings. The SMILES string of the molecule is CCC(CC)NC(=O)NC(C(=O)O)C(C)CC. The number of carbonyl (C=O) groups excluding carboxylic acids is 1. The molecule has 0 aromatic carbocycles. The second kappa shape index (κ2) is 7.92. The number of aliphatic carboxylic acids is 1. The highest BCUT2D eigenvalue weighted by Crippen LogP contribution is 2.08. The fourth-order valence-electron chi connectivity index (χ4n) is 1.54. The second-order valence-electron chi connectivity index (χ2n) is 4.33. The summed E-state index contributed by atoms with van der Waals surface area (Å²) < 4.78 is 0. The molecule has 0 fully saturated rings. The Labute approximate surface area is 103 Å². The molecule has 0 aromatic heterocycles. The van der Waals surface area contributed by atoms with Crippen LogP contribution in [-0.2, 0) is 4.79 Å². The third-order valence-corrected chi connectivity index (χ3v) is 3.09. The smallest absolute Gasteiger partial charge is 0.326 e. The van der Waals surface area contributed by atoms with Gasteiger partial charge in [0.05, 0.1) is 0 Å². The van der Waals surface area contributed by atoms with Crippen LogP contribution in [-0.4, -0.2) is 29.2 Å². The maximum absolute atomic E-state index is 11.6. The Kier molecular flexibility index (Phi) is 7.34. The number of carbonyl (C=O) groups is 2. The van der Waals surface area contributed by atoms with Gasteiger partial charge in [0, 0.05) is 6.04 Å². The van der Waals surface area contributed by atoms with Gasteiger partial charge in [-0.25, -0.2) is 9.59 Å². The predicted octanol–water partition coefficient (Wildman–Crippen LogP) is 1.97. The Hall–Kier alpha value is -1.26. The first-order valence-electron chi connectivity index (χ1n) is 6.25. The highest BCUT2D eigenvalue weighted by Gasteiger charge is 2.25. The minimum atomic E-state index is -0.987. The van der Waals surface area contributed by atoms with Crippen molar-refractivity contribution in [3.05, 3.63) is 0 Å². The lowest BCUT2D eigenvalue weighted by molar-refractivity contribution is -0.140. The van der Waals surface area contributed by atoms with Crippen LogP contribution in [0.1, 0.15) is 47.0 Å². The topological polar surface area (TPSA) is 78.4 Å². The molecule has 3 N–H and O–H groups in total. The van der Waals surface area contributed by atoms with Gasteiger partial charge >= 0.3 is 12.0 Å². The van der Waals surface area contributed by atoms with E-state index in [9.17, 15) is 9.59 Å². The van der Waals surface area contributed by atoms with E-state index in [0.717, 1.165) is 12.8 Å². The van der Waals surface area contributed by atoms with Gasteiger partial charge in [-0.15, -0.1) is 0 Å². The summed E-state index contributed by atoms with van der Waals surface area (Å²) >= 11 is 0. The van der Waals surface area contributed by atoms with Gasteiger partial charge in [-0.1, -0.05) is 34.1 Å². The number of hydrogen-bond acceptors (Lipinski definition) is 2. The number of carboxylic acids is 1. The number of carboxylic acid groups (broad SMARTS) is 1. The predicted molar refractivity (Wildman–Crippen MR) is 66.9 cm³/mol. The van der Waals surface area contributed by atoms with Gasteiger partial charge in [0.1, 0.15) is 6.04 Å². The molecule has 0 saturated heterocycles. The molecule has 0 heterocycles. The molecular formula is C12H24N2O3. The first kappa shape index (κ1) is 15.7. The van der Waals surface area contributed by atoms with Crippen molar-refractivity contribution in [3.8, 4) is 0 Å². The molecule has 0 rings (SSSR count). The zero-order valence-corrected chi connectivity index (χ0v) is 11.1. The number of urea groups is 1. The quantitative estimate of drug-likeness (QED) is 0.640. The summed E-state index contributed by atoms with van der Waals surface area (Å²) in [6, 6.07) is -1.12. The van der Waals surface area contributed by atoms with Gasteiger partial charge in [0.25, 0.3) is 0 Å². The molecule has 0 aliphatic rings. The lowest BCUT2D eigenvalue weighted by Crippen LogP contribution is -2.51. The van der Waals surface area contributed by atoms with Crippen LogP contribution >= 0.6 is 0 Å². The Morgan fingerprint density at radius 2 is 1.59 bits per heavy atom. The van der Waals surface area contributed by atoms with Crippen molar-refractivity contribution in [1.29, 1.82) is 0 Å². The van der Waals surface area contributed by atoms with E-state index in [4.69, 9.17) is 5.11 Å². The molecule has 0 saturated carbocycles. The molecular weight excluding hydrogens is 220 g/mol. The lowest BCUT2D eigenvalue weighted by atomic mass is 9.99. The van der Waals surface area contributed by atoms with E-state index in [-0.39, 0.29) is 12.0 Å². The van der Waals surface area contributed by atoms with Crippen molar-refractivity contribution in [1.82, 2.24) is 10.6 Å². The van der Waals surface area contributed by atoms with Crippen LogP contribution in [0, 0.1) is 5.92 Å². The zero-order chi connectivity index (χ0) is 13.4. The Morgan fingerprint density at radius 3 is 1.94 bits per heavy atom. The minimum Gasteiger partial charge on any atom is -0.480 e. The monoisotopic (exact) mass is 244 g/mol. The summed E-state index contributed by atoms with van der Waals surface area (Å²) in [4.78, 5) is 22.6. The Morgan fingerprint density at radius 1 is 1.06 bits per heavy atom. The van der Waals surface area contributed by atoms with Gasteiger partial charge < -0.3 is 15.7 Å². The van der Waals surface area contributed by atoms with E-state index in [1.807, 2.05) is 27.7 Å². The van der Waals surface area contributed by atoms with E-state index >= 15 is 0 Å². The summed E-state index contributed by atoms with van der Waals surface area (Å²) in [6.07, 6.45) is 2.39. The van der Waals surface area contributed by atoms with E-state index in [2.05, 4.69) is 10.6 Å². The van der Waals surface area contributed by atoms with Gasteiger partial charge in [-0.05, 0) is 18.8 Å². The maximum atomic E-state index is 11.6. The number of hydrogen-bond donors (Lipinski definition) is 3. The first-order chi connectivity index (χ1) is 7.96. The minimum absolute atomic E-state index is 0.0834. The molecule has 17 heavy (non-hydrogen) atoms. The third kappa shape index (κ3) is 5.56. The molecule has 5 nitrogen and oxygen atoms in total. The average molecular weight is 244 g/mol. The molecule has 0 aliphatic heterocycles. The fraction of sp³-hybridized carbons (Fsp3) is 0.833. The molecule has 2 amide bonds. The number of rotatable bonds is 7. The zero-order valence-electron chi connectivity index (χ0n) is 11.1. The van der Waals surface area contributed by atoms with E-state index < -0.39 is 18.0 Å². The van der Waals surface area contributed by atoms with Crippen LogP contribution in [0.25, 0.3) is 0 Å². The van der Waals surface area contributed by atoms with Gasteiger partial charge in [-0.2, -0.15) is 0 Å². The average Bonchev–Trinajstić information content (AvgIpc) is 2.31. The van der Waals surface area contributed by atoms with Crippen molar-refractivity contribution >= 4 is 12.0 Å².